The summed E-state index contributed by atoms with van der Waals surface area (Å²) in [5, 5.41) is 0. The predicted molar refractivity (Wildman–Crippen MR) is 118 cm³/mol. The highest BCUT2D eigenvalue weighted by molar-refractivity contribution is 5.91. The molecule has 3 amide bonds. The average Bonchev–Trinajstić information content (AvgIpc) is 2.71. The maximum Gasteiger partial charge on any atom is 0.248 e. The highest BCUT2D eigenvalue weighted by Crippen LogP contribution is 2.14. The van der Waals surface area contributed by atoms with Crippen LogP contribution >= 0.6 is 0 Å². The molecule has 0 radical (unpaired) electrons. The fourth-order valence-electron chi connectivity index (χ4n) is 3.78. The van der Waals surface area contributed by atoms with Crippen LogP contribution in [0, 0.1) is 5.92 Å². The number of rotatable bonds is 13. The van der Waals surface area contributed by atoms with Crippen molar-refractivity contribution < 1.29 is 19.1 Å². The minimum absolute atomic E-state index is 0.107. The van der Waals surface area contributed by atoms with Gasteiger partial charge in [-0.05, 0) is 44.7 Å². The topological polar surface area (TPSA) is 96.2 Å². The summed E-state index contributed by atoms with van der Waals surface area (Å²) in [7, 11) is 3.21. The largest absolute Gasteiger partial charge is 0.377 e. The van der Waals surface area contributed by atoms with E-state index in [1.165, 1.54) is 29.1 Å². The van der Waals surface area contributed by atoms with Crippen LogP contribution in [0.2, 0.25) is 0 Å². The van der Waals surface area contributed by atoms with Crippen LogP contribution in [-0.2, 0) is 19.1 Å². The van der Waals surface area contributed by atoms with Gasteiger partial charge in [0, 0.05) is 27.1 Å². The third-order valence-electron chi connectivity index (χ3n) is 5.72. The van der Waals surface area contributed by atoms with Crippen LogP contribution in [0.5, 0.6) is 0 Å². The van der Waals surface area contributed by atoms with Crippen molar-refractivity contribution in [2.75, 3.05) is 46.9 Å². The first-order valence-electron chi connectivity index (χ1n) is 11.3. The first-order valence-corrected chi connectivity index (χ1v) is 11.3. The molecule has 0 unspecified atom stereocenters. The summed E-state index contributed by atoms with van der Waals surface area (Å²) in [5.41, 5.74) is 5.56. The number of likely N-dealkylation sites (N-methyl/N-ethyl adjacent to an activating group) is 2. The van der Waals surface area contributed by atoms with Gasteiger partial charge in [-0.1, -0.05) is 27.2 Å². The van der Waals surface area contributed by atoms with Gasteiger partial charge < -0.3 is 25.2 Å². The number of hydrogen-bond donors (Lipinski definition) is 1. The maximum atomic E-state index is 13.3. The van der Waals surface area contributed by atoms with Crippen molar-refractivity contribution in [1.29, 1.82) is 0 Å². The third kappa shape index (κ3) is 8.60. The van der Waals surface area contributed by atoms with Crippen molar-refractivity contribution in [3.05, 3.63) is 0 Å². The van der Waals surface area contributed by atoms with Gasteiger partial charge in [0.25, 0.3) is 0 Å². The first kappa shape index (κ1) is 26.4. The Hall–Kier alpha value is -1.67. The van der Waals surface area contributed by atoms with E-state index in [2.05, 4.69) is 4.90 Å². The molecule has 0 aromatic heterocycles. The zero-order chi connectivity index (χ0) is 22.7. The Balaban J connectivity index is 2.80. The number of amides is 3. The molecule has 0 saturated carbocycles. The molecule has 0 bridgehead atoms. The number of hydrogen-bond acceptors (Lipinski definition) is 5. The molecule has 1 saturated heterocycles. The van der Waals surface area contributed by atoms with Crippen molar-refractivity contribution in [3.63, 3.8) is 0 Å². The normalized spacial score (nSPS) is 16.9. The van der Waals surface area contributed by atoms with Crippen molar-refractivity contribution in [2.45, 2.75) is 71.4 Å². The molecule has 8 heteroatoms. The van der Waals surface area contributed by atoms with E-state index in [0.29, 0.717) is 25.9 Å². The summed E-state index contributed by atoms with van der Waals surface area (Å²) >= 11 is 0. The summed E-state index contributed by atoms with van der Waals surface area (Å²) in [6, 6.07) is -1.48. The summed E-state index contributed by atoms with van der Waals surface area (Å²) < 4.78 is 5.84. The van der Waals surface area contributed by atoms with E-state index in [9.17, 15) is 14.4 Å². The zero-order valence-corrected chi connectivity index (χ0v) is 19.6. The van der Waals surface area contributed by atoms with Crippen molar-refractivity contribution in [2.24, 2.45) is 11.7 Å². The lowest BCUT2D eigenvalue weighted by molar-refractivity contribution is -0.149. The summed E-state index contributed by atoms with van der Waals surface area (Å²) in [4.78, 5) is 42.9. The Morgan fingerprint density at radius 2 is 1.67 bits per heavy atom. The molecule has 2 N–H and O–H groups in total. The Labute approximate surface area is 182 Å². The lowest BCUT2D eigenvalue weighted by atomic mass is 10.0. The van der Waals surface area contributed by atoms with E-state index in [1.54, 1.807) is 14.1 Å². The average molecular weight is 427 g/mol. The van der Waals surface area contributed by atoms with Crippen LogP contribution in [0.4, 0.5) is 0 Å². The molecule has 174 valence electrons. The molecule has 1 heterocycles. The molecule has 1 fully saturated rings. The van der Waals surface area contributed by atoms with Crippen LogP contribution in [0.1, 0.15) is 59.3 Å². The molecular formula is C22H42N4O4. The number of likely N-dealkylation sites (tertiary alicyclic amines) is 1. The Morgan fingerprint density at radius 1 is 1.03 bits per heavy atom. The van der Waals surface area contributed by atoms with E-state index in [1.807, 2.05) is 20.8 Å². The Bertz CT molecular complexity index is 549. The predicted octanol–water partition coefficient (Wildman–Crippen LogP) is 1.47. The number of nitrogens with two attached hydrogens (primary N) is 1. The van der Waals surface area contributed by atoms with E-state index >= 15 is 0 Å². The van der Waals surface area contributed by atoms with Crippen molar-refractivity contribution in [1.82, 2.24) is 14.7 Å². The minimum Gasteiger partial charge on any atom is -0.377 e. The first-order chi connectivity index (χ1) is 14.2. The molecule has 1 rings (SSSR count). The van der Waals surface area contributed by atoms with Gasteiger partial charge in [0.15, 0.2) is 0 Å². The molecule has 8 nitrogen and oxygen atoms in total. The molecular weight excluding hydrogens is 384 g/mol. The van der Waals surface area contributed by atoms with Crippen molar-refractivity contribution >= 4 is 17.7 Å². The standard InChI is InChI=1S/C22H42N4O4/c1-6-10-20(27)24(4)19(16-30-14-13-26-11-8-7-9-12-26)22(29)25(5)18(21(23)28)15-17(2)3/h17-19H,6-16H2,1-5H3,(H2,23,28)/t18-,19+/m0/s1. The number of ether oxygens (including phenoxy) is 1. The smallest absolute Gasteiger partial charge is 0.248 e. The fourth-order valence-corrected chi connectivity index (χ4v) is 3.78. The van der Waals surface area contributed by atoms with Crippen LogP contribution in [0.15, 0.2) is 0 Å². The molecule has 0 aromatic rings. The van der Waals surface area contributed by atoms with E-state index in [-0.39, 0.29) is 24.3 Å². The molecule has 30 heavy (non-hydrogen) atoms. The second kappa shape index (κ2) is 13.6. The van der Waals surface area contributed by atoms with Crippen molar-refractivity contribution in [3.8, 4) is 0 Å². The molecule has 1 aliphatic rings. The van der Waals surface area contributed by atoms with Crippen LogP contribution in [0.3, 0.4) is 0 Å². The molecule has 0 aromatic carbocycles. The lowest BCUT2D eigenvalue weighted by Gasteiger charge is -2.34. The summed E-state index contributed by atoms with van der Waals surface area (Å²) in [5.74, 6) is -0.754. The van der Waals surface area contributed by atoms with Gasteiger partial charge in [0.2, 0.25) is 17.7 Å². The quantitative estimate of drug-likeness (QED) is 0.450. The maximum absolute atomic E-state index is 13.3. The highest BCUT2D eigenvalue weighted by atomic mass is 16.5. The van der Waals surface area contributed by atoms with E-state index in [0.717, 1.165) is 19.6 Å². The second-order valence-corrected chi connectivity index (χ2v) is 8.74. The number of carbonyl (C=O) groups excluding carboxylic acids is 3. The minimum atomic E-state index is -0.774. The van der Waals surface area contributed by atoms with Gasteiger partial charge in [-0.3, -0.25) is 14.4 Å². The van der Waals surface area contributed by atoms with Gasteiger partial charge >= 0.3 is 0 Å². The summed E-state index contributed by atoms with van der Waals surface area (Å²) in [6.45, 7) is 9.48. The lowest BCUT2D eigenvalue weighted by Crippen LogP contribution is -2.55. The monoisotopic (exact) mass is 426 g/mol. The second-order valence-electron chi connectivity index (χ2n) is 8.74. The van der Waals surface area contributed by atoms with Crippen LogP contribution in [-0.4, -0.2) is 91.4 Å². The Morgan fingerprint density at radius 3 is 2.20 bits per heavy atom. The molecule has 0 spiro atoms. The zero-order valence-electron chi connectivity index (χ0n) is 19.6. The van der Waals surface area contributed by atoms with Gasteiger partial charge in [0.05, 0.1) is 13.2 Å². The molecule has 0 aliphatic carbocycles. The van der Waals surface area contributed by atoms with E-state index < -0.39 is 18.0 Å². The number of piperidine rings is 1. The van der Waals surface area contributed by atoms with Crippen LogP contribution in [0.25, 0.3) is 0 Å². The Kier molecular flexibility index (Phi) is 11.9. The van der Waals surface area contributed by atoms with E-state index in [4.69, 9.17) is 10.5 Å². The van der Waals surface area contributed by atoms with Gasteiger partial charge in [-0.15, -0.1) is 0 Å². The SMILES string of the molecule is CCCC(=O)N(C)[C@H](COCCN1CCCCC1)C(=O)N(C)[C@@H](CC(C)C)C(N)=O. The molecule has 2 atom stereocenters. The highest BCUT2D eigenvalue weighted by Gasteiger charge is 2.34. The van der Waals surface area contributed by atoms with Crippen LogP contribution < -0.4 is 5.73 Å². The van der Waals surface area contributed by atoms with Gasteiger partial charge in [-0.25, -0.2) is 0 Å². The van der Waals surface area contributed by atoms with Gasteiger partial charge in [-0.2, -0.15) is 0 Å². The molecule has 1 aliphatic heterocycles. The summed E-state index contributed by atoms with van der Waals surface area (Å²) in [6.07, 6.45) is 5.25. The van der Waals surface area contributed by atoms with Gasteiger partial charge in [0.1, 0.15) is 12.1 Å². The number of carbonyl (C=O) groups is 3. The number of nitrogens with zero attached hydrogens (tertiary/aromatic N) is 3. The third-order valence-corrected chi connectivity index (χ3v) is 5.72. The fraction of sp³-hybridized carbons (Fsp3) is 0.864. The number of primary amides is 1.